The number of carbonyl (C=O) groups excluding carboxylic acids is 1. The second-order valence-electron chi connectivity index (χ2n) is 11.9. The molecular weight excluding hydrogens is 501 g/mol. The summed E-state index contributed by atoms with van der Waals surface area (Å²) in [7, 11) is 1.69. The van der Waals surface area contributed by atoms with Crippen LogP contribution >= 0.6 is 0 Å². The first-order valence-electron chi connectivity index (χ1n) is 13.8. The topological polar surface area (TPSA) is 87.2 Å². The number of rotatable bonds is 6. The highest BCUT2D eigenvalue weighted by Crippen LogP contribution is 2.57. The summed E-state index contributed by atoms with van der Waals surface area (Å²) in [6, 6.07) is 2.86. The molecule has 38 heavy (non-hydrogen) atoms. The first-order valence-corrected chi connectivity index (χ1v) is 13.8. The molecule has 1 aromatic heterocycles. The number of likely N-dealkylation sites (tertiary alicyclic amines) is 1. The molecule has 2 N–H and O–H groups in total. The van der Waals surface area contributed by atoms with Gasteiger partial charge in [0.05, 0.1) is 29.8 Å². The number of methoxy groups -OCH3 is 1. The highest BCUT2D eigenvalue weighted by atomic mass is 19.4. The molecule has 5 aliphatic rings. The maximum atomic E-state index is 14.3. The summed E-state index contributed by atoms with van der Waals surface area (Å²) in [6.07, 6.45) is 2.46. The zero-order valence-corrected chi connectivity index (χ0v) is 21.8. The van der Waals surface area contributed by atoms with Crippen LogP contribution in [-0.4, -0.2) is 90.2 Å². The summed E-state index contributed by atoms with van der Waals surface area (Å²) in [6.45, 7) is 2.18. The minimum absolute atomic E-state index is 0.0251. The quantitative estimate of drug-likeness (QED) is 0.576. The molecule has 210 valence electrons. The number of aromatic nitrogens is 1. The van der Waals surface area contributed by atoms with Gasteiger partial charge in [-0.15, -0.1) is 0 Å². The third-order valence-electron chi connectivity index (χ3n) is 9.92. The Balaban J connectivity index is 1.17. The van der Waals surface area contributed by atoms with Gasteiger partial charge in [-0.25, -0.2) is 0 Å². The van der Waals surface area contributed by atoms with E-state index in [2.05, 4.69) is 10.3 Å². The minimum Gasteiger partial charge on any atom is -0.389 e. The SMILES string of the molecule is CO[C@@H]1COCC[C@@H]1N[C@@H]1CC[C@@](C(=O)N2C[C@H]3C[C@@H]2CN3c2ccnc(C(F)(F)F)c2)(C2(O)CCC2)C1. The molecule has 0 radical (unpaired) electrons. The summed E-state index contributed by atoms with van der Waals surface area (Å²) in [5, 5.41) is 15.4. The lowest BCUT2D eigenvalue weighted by molar-refractivity contribution is -0.178. The van der Waals surface area contributed by atoms with Crippen molar-refractivity contribution in [2.75, 3.05) is 38.3 Å². The number of amides is 1. The Hall–Kier alpha value is -1.95. The molecule has 1 amide bonds. The van der Waals surface area contributed by atoms with Gasteiger partial charge in [0.25, 0.3) is 0 Å². The third kappa shape index (κ3) is 4.30. The van der Waals surface area contributed by atoms with Crippen LogP contribution < -0.4 is 10.2 Å². The van der Waals surface area contributed by atoms with Crippen LogP contribution in [0.2, 0.25) is 0 Å². The maximum absolute atomic E-state index is 14.3. The number of piperazine rings is 1. The van der Waals surface area contributed by atoms with Crippen LogP contribution in [0, 0.1) is 5.41 Å². The number of halogens is 3. The van der Waals surface area contributed by atoms with Crippen LogP contribution in [0.4, 0.5) is 18.9 Å². The predicted octanol–water partition coefficient (Wildman–Crippen LogP) is 2.74. The Labute approximate surface area is 220 Å². The molecule has 2 bridgehead atoms. The van der Waals surface area contributed by atoms with E-state index in [1.807, 2.05) is 9.80 Å². The van der Waals surface area contributed by atoms with Gasteiger partial charge in [-0.1, -0.05) is 0 Å². The number of nitrogens with one attached hydrogen (secondary N) is 1. The monoisotopic (exact) mass is 538 g/mol. The largest absolute Gasteiger partial charge is 0.433 e. The lowest BCUT2D eigenvalue weighted by Crippen LogP contribution is -2.63. The van der Waals surface area contributed by atoms with Gasteiger partial charge in [0.2, 0.25) is 5.91 Å². The van der Waals surface area contributed by atoms with Crippen LogP contribution in [0.25, 0.3) is 0 Å². The summed E-state index contributed by atoms with van der Waals surface area (Å²) in [5.41, 5.74) is -2.23. The van der Waals surface area contributed by atoms with Crippen LogP contribution in [0.3, 0.4) is 0 Å². The van der Waals surface area contributed by atoms with Gasteiger partial charge in [-0.05, 0) is 63.5 Å². The molecule has 2 saturated carbocycles. The number of anilines is 1. The first-order chi connectivity index (χ1) is 18.1. The van der Waals surface area contributed by atoms with E-state index in [-0.39, 0.29) is 36.2 Å². The Bertz CT molecular complexity index is 1050. The lowest BCUT2D eigenvalue weighted by atomic mass is 9.59. The smallest absolute Gasteiger partial charge is 0.389 e. The van der Waals surface area contributed by atoms with E-state index >= 15 is 0 Å². The van der Waals surface area contributed by atoms with E-state index in [0.717, 1.165) is 31.7 Å². The molecular formula is C27H37F3N4O4. The fourth-order valence-corrected chi connectivity index (χ4v) is 7.69. The van der Waals surface area contributed by atoms with E-state index in [9.17, 15) is 23.1 Å². The number of pyridine rings is 1. The molecule has 1 aromatic rings. The zero-order chi connectivity index (χ0) is 26.7. The Morgan fingerprint density at radius 2 is 2.05 bits per heavy atom. The molecule has 4 heterocycles. The van der Waals surface area contributed by atoms with Crippen LogP contribution in [0.5, 0.6) is 0 Å². The fourth-order valence-electron chi connectivity index (χ4n) is 7.69. The second kappa shape index (κ2) is 9.60. The normalized spacial score (nSPS) is 36.5. The molecule has 6 rings (SSSR count). The standard InChI is InChI=1S/C27H37F3N4O4/c1-37-22-16-38-10-5-21(22)32-17-3-8-25(13-17,26(36)6-2-7-26)24(35)34-15-19-11-20(34)14-33(19)18-4-9-31-23(12-18)27(28,29)30/h4,9,12,17,19-22,32,36H,2-3,5-8,10-11,13-16H2,1H3/t17-,19-,20-,21+,22-,25-/m1/s1. The molecule has 0 aromatic carbocycles. The number of alkyl halides is 3. The number of hydrogen-bond acceptors (Lipinski definition) is 7. The molecule has 11 heteroatoms. The van der Waals surface area contributed by atoms with Gasteiger partial charge in [-0.2, -0.15) is 13.2 Å². The van der Waals surface area contributed by atoms with E-state index < -0.39 is 22.9 Å². The van der Waals surface area contributed by atoms with Crippen molar-refractivity contribution in [3.63, 3.8) is 0 Å². The number of carbonyl (C=O) groups is 1. The molecule has 0 unspecified atom stereocenters. The first kappa shape index (κ1) is 26.3. The fraction of sp³-hybridized carbons (Fsp3) is 0.778. The average Bonchev–Trinajstić information content (AvgIpc) is 3.62. The van der Waals surface area contributed by atoms with Crippen LogP contribution in [0.15, 0.2) is 18.3 Å². The highest BCUT2D eigenvalue weighted by Gasteiger charge is 2.64. The van der Waals surface area contributed by atoms with Gasteiger partial charge < -0.3 is 29.7 Å². The average molecular weight is 539 g/mol. The molecule has 8 nitrogen and oxygen atoms in total. The molecule has 6 atom stereocenters. The maximum Gasteiger partial charge on any atom is 0.433 e. The third-order valence-corrected chi connectivity index (χ3v) is 9.92. The van der Waals surface area contributed by atoms with Crippen molar-refractivity contribution >= 4 is 11.6 Å². The number of fused-ring (bicyclic) bond motifs is 2. The van der Waals surface area contributed by atoms with E-state index in [0.29, 0.717) is 57.7 Å². The van der Waals surface area contributed by atoms with Crippen LogP contribution in [-0.2, 0) is 20.4 Å². The van der Waals surface area contributed by atoms with Crippen molar-refractivity contribution in [1.29, 1.82) is 0 Å². The second-order valence-corrected chi connectivity index (χ2v) is 11.9. The van der Waals surface area contributed by atoms with E-state index in [1.165, 1.54) is 6.20 Å². The highest BCUT2D eigenvalue weighted by molar-refractivity contribution is 5.86. The number of nitrogens with zero attached hydrogens (tertiary/aromatic N) is 3. The Morgan fingerprint density at radius 1 is 1.24 bits per heavy atom. The van der Waals surface area contributed by atoms with Gasteiger partial charge in [-0.3, -0.25) is 9.78 Å². The number of hydrogen-bond donors (Lipinski definition) is 2. The molecule has 0 spiro atoms. The lowest BCUT2D eigenvalue weighted by Gasteiger charge is -2.52. The Morgan fingerprint density at radius 3 is 2.71 bits per heavy atom. The van der Waals surface area contributed by atoms with Gasteiger partial charge in [0, 0.05) is 56.8 Å². The van der Waals surface area contributed by atoms with Crippen molar-refractivity contribution < 1.29 is 32.5 Å². The van der Waals surface area contributed by atoms with E-state index in [1.54, 1.807) is 13.2 Å². The number of ether oxygens (including phenoxy) is 2. The summed E-state index contributed by atoms with van der Waals surface area (Å²) in [5.74, 6) is 0.0251. The van der Waals surface area contributed by atoms with Crippen molar-refractivity contribution in [2.24, 2.45) is 5.41 Å². The van der Waals surface area contributed by atoms with Gasteiger partial charge >= 0.3 is 6.18 Å². The predicted molar refractivity (Wildman–Crippen MR) is 133 cm³/mol. The van der Waals surface area contributed by atoms with Crippen LogP contribution in [0.1, 0.15) is 57.1 Å². The molecule has 3 aliphatic heterocycles. The van der Waals surface area contributed by atoms with Crippen molar-refractivity contribution in [3.8, 4) is 0 Å². The van der Waals surface area contributed by atoms with Gasteiger partial charge in [0.15, 0.2) is 0 Å². The van der Waals surface area contributed by atoms with Crippen molar-refractivity contribution in [1.82, 2.24) is 15.2 Å². The van der Waals surface area contributed by atoms with Crippen molar-refractivity contribution in [3.05, 3.63) is 24.0 Å². The van der Waals surface area contributed by atoms with Crippen molar-refractivity contribution in [2.45, 2.75) is 93.4 Å². The van der Waals surface area contributed by atoms with E-state index in [4.69, 9.17) is 9.47 Å². The minimum atomic E-state index is -4.50. The summed E-state index contributed by atoms with van der Waals surface area (Å²) < 4.78 is 50.8. The molecule has 2 aliphatic carbocycles. The summed E-state index contributed by atoms with van der Waals surface area (Å²) in [4.78, 5) is 21.7. The Kier molecular flexibility index (Phi) is 6.64. The summed E-state index contributed by atoms with van der Waals surface area (Å²) >= 11 is 0. The molecule has 5 fully saturated rings. The van der Waals surface area contributed by atoms with Gasteiger partial charge in [0.1, 0.15) is 5.69 Å². The number of aliphatic hydroxyl groups is 1. The molecule has 3 saturated heterocycles. The zero-order valence-electron chi connectivity index (χ0n) is 21.8.